The zero-order valence-corrected chi connectivity index (χ0v) is 13.7. The number of carbonyl (C=O) groups excluding carboxylic acids is 2. The van der Waals surface area contributed by atoms with E-state index in [0.29, 0.717) is 17.1 Å². The lowest BCUT2D eigenvalue weighted by atomic mass is 9.92. The Bertz CT molecular complexity index is 873. The molecule has 3 atom stereocenters. The largest absolute Gasteiger partial charge is 0.491 e. The normalized spacial score (nSPS) is 26.4. The van der Waals surface area contributed by atoms with Gasteiger partial charge in [-0.3, -0.25) is 14.7 Å². The smallest absolute Gasteiger partial charge is 0.231 e. The van der Waals surface area contributed by atoms with Gasteiger partial charge in [-0.15, -0.1) is 0 Å². The number of hydrogen-bond donors (Lipinski definition) is 2. The number of nitrogens with one attached hydrogen (secondary N) is 2. The average molecular weight is 337 g/mol. The quantitative estimate of drug-likeness (QED) is 0.842. The second-order valence-corrected chi connectivity index (χ2v) is 7.31. The number of amides is 1. The van der Waals surface area contributed by atoms with Gasteiger partial charge in [0, 0.05) is 17.7 Å². The number of aromatic nitrogens is 2. The maximum absolute atomic E-state index is 12.8. The number of benzene rings is 1. The number of Topliss-reactive ketones (excluding diaryl/α,β-unsaturated/α-hetero) is 1. The standard InChI is InChI=1S/C19H19N3O3/c23-16(18-13-6-10-5-11(10)7-15(13)21-22-18)8-12-9-25-17-4-2-1-3-14(17)20-19(12)24/h1-4,10-12H,5-9H2,(H,20,24)(H,21,22)/t10?,11?,12-/m0/s1. The molecule has 25 heavy (non-hydrogen) atoms. The lowest BCUT2D eigenvalue weighted by molar-refractivity contribution is -0.120. The Morgan fingerprint density at radius 3 is 3.00 bits per heavy atom. The summed E-state index contributed by atoms with van der Waals surface area (Å²) in [6.45, 7) is 0.200. The van der Waals surface area contributed by atoms with Crippen LogP contribution >= 0.6 is 0 Å². The molecule has 2 heterocycles. The number of anilines is 1. The van der Waals surface area contributed by atoms with Crippen LogP contribution in [0.15, 0.2) is 24.3 Å². The molecule has 5 rings (SSSR count). The van der Waals surface area contributed by atoms with Crippen LogP contribution in [0.5, 0.6) is 5.75 Å². The number of hydrogen-bond acceptors (Lipinski definition) is 4. The fourth-order valence-corrected chi connectivity index (χ4v) is 4.02. The maximum atomic E-state index is 12.8. The molecule has 1 saturated carbocycles. The van der Waals surface area contributed by atoms with Gasteiger partial charge in [-0.2, -0.15) is 5.10 Å². The number of para-hydroxylation sites is 2. The van der Waals surface area contributed by atoms with E-state index in [1.165, 1.54) is 6.42 Å². The van der Waals surface area contributed by atoms with Crippen LogP contribution in [0.25, 0.3) is 0 Å². The van der Waals surface area contributed by atoms with Crippen LogP contribution in [-0.2, 0) is 17.6 Å². The van der Waals surface area contributed by atoms with Crippen molar-refractivity contribution >= 4 is 17.4 Å². The third-order valence-corrected chi connectivity index (χ3v) is 5.61. The van der Waals surface area contributed by atoms with Crippen molar-refractivity contribution in [1.29, 1.82) is 0 Å². The zero-order valence-electron chi connectivity index (χ0n) is 13.7. The van der Waals surface area contributed by atoms with Crippen LogP contribution in [0.4, 0.5) is 5.69 Å². The molecule has 3 aliphatic rings. The second-order valence-electron chi connectivity index (χ2n) is 7.31. The van der Waals surface area contributed by atoms with Crippen molar-refractivity contribution in [2.24, 2.45) is 17.8 Å². The Hall–Kier alpha value is -2.63. The van der Waals surface area contributed by atoms with Crippen LogP contribution in [0.2, 0.25) is 0 Å². The van der Waals surface area contributed by atoms with Crippen molar-refractivity contribution in [2.45, 2.75) is 25.7 Å². The fourth-order valence-electron chi connectivity index (χ4n) is 4.02. The third-order valence-electron chi connectivity index (χ3n) is 5.61. The summed E-state index contributed by atoms with van der Waals surface area (Å²) < 4.78 is 5.72. The van der Waals surface area contributed by atoms with Crippen molar-refractivity contribution < 1.29 is 14.3 Å². The molecule has 6 nitrogen and oxygen atoms in total. The molecular weight excluding hydrogens is 318 g/mol. The first kappa shape index (κ1) is 14.7. The number of fused-ring (bicyclic) bond motifs is 3. The highest BCUT2D eigenvalue weighted by Gasteiger charge is 2.43. The minimum Gasteiger partial charge on any atom is -0.491 e. The predicted molar refractivity (Wildman–Crippen MR) is 90.6 cm³/mol. The van der Waals surface area contributed by atoms with E-state index >= 15 is 0 Å². The molecule has 0 bridgehead atoms. The molecular formula is C19H19N3O3. The van der Waals surface area contributed by atoms with E-state index in [-0.39, 0.29) is 24.7 Å². The molecule has 2 N–H and O–H groups in total. The first-order valence-electron chi connectivity index (χ1n) is 8.81. The van der Waals surface area contributed by atoms with Gasteiger partial charge in [-0.05, 0) is 43.2 Å². The number of ether oxygens (including phenoxy) is 1. The van der Waals surface area contributed by atoms with Gasteiger partial charge in [0.25, 0.3) is 0 Å². The van der Waals surface area contributed by atoms with Gasteiger partial charge in [0.05, 0.1) is 11.6 Å². The minimum atomic E-state index is -0.510. The topological polar surface area (TPSA) is 84.1 Å². The summed E-state index contributed by atoms with van der Waals surface area (Å²) in [7, 11) is 0. The molecule has 0 radical (unpaired) electrons. The van der Waals surface area contributed by atoms with Crippen molar-refractivity contribution in [1.82, 2.24) is 10.2 Å². The van der Waals surface area contributed by atoms with Crippen LogP contribution in [0, 0.1) is 17.8 Å². The Morgan fingerprint density at radius 2 is 2.08 bits per heavy atom. The molecule has 1 amide bonds. The molecule has 1 aliphatic heterocycles. The van der Waals surface area contributed by atoms with E-state index in [9.17, 15) is 9.59 Å². The van der Waals surface area contributed by atoms with E-state index in [4.69, 9.17) is 4.74 Å². The summed E-state index contributed by atoms with van der Waals surface area (Å²) in [6, 6.07) is 7.32. The van der Waals surface area contributed by atoms with Crippen LogP contribution in [-0.4, -0.2) is 28.5 Å². The molecule has 1 aromatic carbocycles. The summed E-state index contributed by atoms with van der Waals surface area (Å²) in [5.74, 6) is 1.37. The summed E-state index contributed by atoms with van der Waals surface area (Å²) in [5, 5.41) is 10.2. The van der Waals surface area contributed by atoms with Crippen molar-refractivity contribution in [2.75, 3.05) is 11.9 Å². The Kier molecular flexibility index (Phi) is 3.20. The predicted octanol–water partition coefficient (Wildman–Crippen LogP) is 2.36. The van der Waals surface area contributed by atoms with Crippen LogP contribution < -0.4 is 10.1 Å². The zero-order chi connectivity index (χ0) is 17.0. The fraction of sp³-hybridized carbons (Fsp3) is 0.421. The van der Waals surface area contributed by atoms with Crippen molar-refractivity contribution in [3.05, 3.63) is 41.2 Å². The molecule has 1 fully saturated rings. The van der Waals surface area contributed by atoms with E-state index in [0.717, 1.165) is 35.9 Å². The van der Waals surface area contributed by atoms with Crippen LogP contribution in [0.1, 0.15) is 34.6 Å². The van der Waals surface area contributed by atoms with E-state index in [2.05, 4.69) is 15.5 Å². The highest BCUT2D eigenvalue weighted by atomic mass is 16.5. The molecule has 2 aliphatic carbocycles. The number of nitrogens with zero attached hydrogens (tertiary/aromatic N) is 1. The highest BCUT2D eigenvalue weighted by molar-refractivity contribution is 6.01. The molecule has 0 spiro atoms. The maximum Gasteiger partial charge on any atom is 0.231 e. The minimum absolute atomic E-state index is 0.0775. The first-order chi connectivity index (χ1) is 12.2. The number of H-pyrrole nitrogens is 1. The Labute approximate surface area is 145 Å². The van der Waals surface area contributed by atoms with Crippen LogP contribution in [0.3, 0.4) is 0 Å². The summed E-state index contributed by atoms with van der Waals surface area (Å²) in [4.78, 5) is 25.2. The second kappa shape index (κ2) is 5.44. The van der Waals surface area contributed by atoms with Gasteiger partial charge >= 0.3 is 0 Å². The molecule has 128 valence electrons. The molecule has 0 saturated heterocycles. The summed E-state index contributed by atoms with van der Waals surface area (Å²) in [5.41, 5.74) is 3.35. The number of rotatable bonds is 3. The highest BCUT2D eigenvalue weighted by Crippen LogP contribution is 2.48. The first-order valence-corrected chi connectivity index (χ1v) is 8.81. The van der Waals surface area contributed by atoms with Gasteiger partial charge in [-0.1, -0.05) is 12.1 Å². The van der Waals surface area contributed by atoms with E-state index in [1.807, 2.05) is 18.2 Å². The summed E-state index contributed by atoms with van der Waals surface area (Å²) in [6.07, 6.45) is 3.32. The lowest BCUT2D eigenvalue weighted by Crippen LogP contribution is -2.28. The van der Waals surface area contributed by atoms with E-state index < -0.39 is 5.92 Å². The van der Waals surface area contributed by atoms with Crippen molar-refractivity contribution in [3.8, 4) is 5.75 Å². The average Bonchev–Trinajstić information content (AvgIpc) is 3.28. The van der Waals surface area contributed by atoms with Gasteiger partial charge in [-0.25, -0.2) is 0 Å². The summed E-state index contributed by atoms with van der Waals surface area (Å²) >= 11 is 0. The molecule has 2 aromatic rings. The SMILES string of the molecule is O=C(C[C@H]1COc2ccccc2NC1=O)c1n[nH]c2c1CC1CC1C2. The lowest BCUT2D eigenvalue weighted by Gasteiger charge is -2.13. The van der Waals surface area contributed by atoms with Gasteiger partial charge in [0.1, 0.15) is 18.1 Å². The monoisotopic (exact) mass is 337 g/mol. The van der Waals surface area contributed by atoms with Crippen molar-refractivity contribution in [3.63, 3.8) is 0 Å². The molecule has 2 unspecified atom stereocenters. The number of aromatic amines is 1. The van der Waals surface area contributed by atoms with Gasteiger partial charge in [0.15, 0.2) is 5.78 Å². The Balaban J connectivity index is 1.33. The molecule has 1 aromatic heterocycles. The number of carbonyl (C=O) groups is 2. The third kappa shape index (κ3) is 2.52. The van der Waals surface area contributed by atoms with E-state index in [1.54, 1.807) is 6.07 Å². The van der Waals surface area contributed by atoms with Gasteiger partial charge < -0.3 is 10.1 Å². The molecule has 6 heteroatoms. The van der Waals surface area contributed by atoms with Gasteiger partial charge in [0.2, 0.25) is 5.91 Å². The number of ketones is 1. The Morgan fingerprint density at radius 1 is 1.24 bits per heavy atom.